The van der Waals surface area contributed by atoms with Gasteiger partial charge in [0.05, 0.1) is 18.0 Å². The van der Waals surface area contributed by atoms with Crippen molar-refractivity contribution in [1.29, 1.82) is 0 Å². The number of pyridine rings is 1. The molecule has 2 atom stereocenters. The van der Waals surface area contributed by atoms with Gasteiger partial charge in [-0.1, -0.05) is 0 Å². The quantitative estimate of drug-likeness (QED) is 0.575. The summed E-state index contributed by atoms with van der Waals surface area (Å²) in [6, 6.07) is 1.80. The maximum absolute atomic E-state index is 14.4. The number of halogens is 1. The zero-order valence-electron chi connectivity index (χ0n) is 19.6. The lowest BCUT2D eigenvalue weighted by molar-refractivity contribution is 0.102. The Bertz CT molecular complexity index is 1190. The zero-order chi connectivity index (χ0) is 23.7. The third-order valence-corrected chi connectivity index (χ3v) is 6.56. The minimum absolute atomic E-state index is 0.207. The van der Waals surface area contributed by atoms with Crippen LogP contribution in [0.2, 0.25) is 0 Å². The van der Waals surface area contributed by atoms with Crippen molar-refractivity contribution in [1.82, 2.24) is 24.7 Å². The van der Waals surface area contributed by atoms with E-state index in [2.05, 4.69) is 30.5 Å². The van der Waals surface area contributed by atoms with Gasteiger partial charge < -0.3 is 24.7 Å². The maximum atomic E-state index is 14.4. The molecule has 0 aromatic carbocycles. The van der Waals surface area contributed by atoms with Gasteiger partial charge in [-0.25, -0.2) is 14.4 Å². The van der Waals surface area contributed by atoms with Crippen LogP contribution in [0.3, 0.4) is 0 Å². The van der Waals surface area contributed by atoms with Gasteiger partial charge >= 0.3 is 0 Å². The normalized spacial score (nSPS) is 20.6. The SMILES string of the molecule is CCOc1nc(N2CCCC(C3CCCN3)C2)ncc1C(=O)Nc1cc(F)c2nc(C)cn2c1. The molecule has 0 spiro atoms. The lowest BCUT2D eigenvalue weighted by Crippen LogP contribution is -2.44. The number of aromatic nitrogens is 4. The number of piperidine rings is 1. The number of carbonyl (C=O) groups excluding carboxylic acids is 1. The highest BCUT2D eigenvalue weighted by molar-refractivity contribution is 6.05. The van der Waals surface area contributed by atoms with E-state index in [1.54, 1.807) is 23.7 Å². The van der Waals surface area contributed by atoms with Crippen LogP contribution in [-0.2, 0) is 0 Å². The van der Waals surface area contributed by atoms with E-state index < -0.39 is 11.7 Å². The van der Waals surface area contributed by atoms with Crippen LogP contribution in [0.5, 0.6) is 5.88 Å². The minimum atomic E-state index is -0.515. The van der Waals surface area contributed by atoms with Crippen LogP contribution in [0, 0.1) is 18.7 Å². The van der Waals surface area contributed by atoms with Gasteiger partial charge in [0, 0.05) is 43.8 Å². The van der Waals surface area contributed by atoms with Crippen molar-refractivity contribution in [3.63, 3.8) is 0 Å². The van der Waals surface area contributed by atoms with Crippen LogP contribution < -0.4 is 20.3 Å². The summed E-state index contributed by atoms with van der Waals surface area (Å²) in [4.78, 5) is 28.5. The minimum Gasteiger partial charge on any atom is -0.477 e. The average Bonchev–Trinajstić information content (AvgIpc) is 3.49. The highest BCUT2D eigenvalue weighted by atomic mass is 19.1. The van der Waals surface area contributed by atoms with Crippen molar-refractivity contribution in [2.45, 2.75) is 45.6 Å². The molecular weight excluding hydrogens is 437 g/mol. The van der Waals surface area contributed by atoms with E-state index in [1.165, 1.54) is 31.5 Å². The van der Waals surface area contributed by atoms with Crippen molar-refractivity contribution >= 4 is 23.2 Å². The summed E-state index contributed by atoms with van der Waals surface area (Å²) in [7, 11) is 0. The van der Waals surface area contributed by atoms with Crippen molar-refractivity contribution in [2.24, 2.45) is 5.92 Å². The first-order valence-electron chi connectivity index (χ1n) is 12.0. The number of hydrogen-bond donors (Lipinski definition) is 2. The lowest BCUT2D eigenvalue weighted by Gasteiger charge is -2.35. The zero-order valence-corrected chi connectivity index (χ0v) is 19.6. The second-order valence-corrected chi connectivity index (χ2v) is 9.02. The van der Waals surface area contributed by atoms with Crippen molar-refractivity contribution in [3.05, 3.63) is 41.7 Å². The molecule has 2 aliphatic rings. The molecule has 0 saturated carbocycles. The second kappa shape index (κ2) is 9.54. The van der Waals surface area contributed by atoms with E-state index >= 15 is 0 Å². The molecule has 180 valence electrons. The van der Waals surface area contributed by atoms with Crippen molar-refractivity contribution in [2.75, 3.05) is 36.5 Å². The number of imidazole rings is 1. The summed E-state index contributed by atoms with van der Waals surface area (Å²) in [5.74, 6) is 0.390. The third kappa shape index (κ3) is 4.54. The Kier molecular flexibility index (Phi) is 6.32. The molecule has 2 N–H and O–H groups in total. The van der Waals surface area contributed by atoms with Crippen LogP contribution in [0.1, 0.15) is 48.7 Å². The molecule has 2 unspecified atom stereocenters. The number of amides is 1. The van der Waals surface area contributed by atoms with Crippen LogP contribution in [0.4, 0.5) is 16.0 Å². The standard InChI is InChI=1S/C24H30FN7O2/c1-3-34-23-18(22(33)29-17-10-19(25)21-28-15(2)12-32(21)14-17)11-27-24(30-23)31-9-5-6-16(13-31)20-7-4-8-26-20/h10-12,14,16,20,26H,3-9,13H2,1-2H3,(H,29,33). The first kappa shape index (κ1) is 22.5. The third-order valence-electron chi connectivity index (χ3n) is 6.56. The van der Waals surface area contributed by atoms with E-state index in [9.17, 15) is 9.18 Å². The van der Waals surface area contributed by atoms with Gasteiger partial charge in [-0.3, -0.25) is 4.79 Å². The number of rotatable bonds is 6. The van der Waals surface area contributed by atoms with Gasteiger partial charge in [0.25, 0.3) is 5.91 Å². The average molecular weight is 468 g/mol. The molecule has 0 bridgehead atoms. The number of hydrogen-bond acceptors (Lipinski definition) is 7. The Morgan fingerprint density at radius 1 is 1.29 bits per heavy atom. The van der Waals surface area contributed by atoms with Gasteiger partial charge in [-0.2, -0.15) is 4.98 Å². The van der Waals surface area contributed by atoms with E-state index in [-0.39, 0.29) is 17.1 Å². The van der Waals surface area contributed by atoms with E-state index in [4.69, 9.17) is 4.74 Å². The highest BCUT2D eigenvalue weighted by Gasteiger charge is 2.30. The molecule has 2 saturated heterocycles. The summed E-state index contributed by atoms with van der Waals surface area (Å²) in [6.07, 6.45) is 9.54. The fourth-order valence-corrected chi connectivity index (χ4v) is 4.99. The van der Waals surface area contributed by atoms with Crippen LogP contribution in [0.15, 0.2) is 24.7 Å². The Morgan fingerprint density at radius 2 is 2.18 bits per heavy atom. The van der Waals surface area contributed by atoms with Gasteiger partial charge in [0.1, 0.15) is 5.56 Å². The van der Waals surface area contributed by atoms with Crippen LogP contribution in [-0.4, -0.2) is 57.5 Å². The van der Waals surface area contributed by atoms with Gasteiger partial charge in [0.15, 0.2) is 11.5 Å². The van der Waals surface area contributed by atoms with E-state index in [1.807, 2.05) is 6.92 Å². The van der Waals surface area contributed by atoms with Crippen LogP contribution >= 0.6 is 0 Å². The van der Waals surface area contributed by atoms with E-state index in [0.29, 0.717) is 35.9 Å². The molecule has 3 aromatic heterocycles. The monoisotopic (exact) mass is 467 g/mol. The topological polar surface area (TPSA) is 96.7 Å². The summed E-state index contributed by atoms with van der Waals surface area (Å²) in [5, 5.41) is 6.35. The number of nitrogens with one attached hydrogen (secondary N) is 2. The molecule has 10 heteroatoms. The predicted molar refractivity (Wildman–Crippen MR) is 127 cm³/mol. The van der Waals surface area contributed by atoms with Crippen molar-refractivity contribution in [3.8, 4) is 5.88 Å². The predicted octanol–water partition coefficient (Wildman–Crippen LogP) is 3.19. The fourth-order valence-electron chi connectivity index (χ4n) is 4.99. The molecule has 2 aliphatic heterocycles. The van der Waals surface area contributed by atoms with Gasteiger partial charge in [-0.05, 0) is 52.0 Å². The molecule has 9 nitrogen and oxygen atoms in total. The fraction of sp³-hybridized carbons (Fsp3) is 0.500. The molecule has 0 radical (unpaired) electrons. The van der Waals surface area contributed by atoms with Gasteiger partial charge in [-0.15, -0.1) is 0 Å². The molecule has 3 aromatic rings. The molecule has 5 heterocycles. The Balaban J connectivity index is 1.36. The molecule has 5 rings (SSSR count). The first-order valence-corrected chi connectivity index (χ1v) is 12.0. The molecule has 34 heavy (non-hydrogen) atoms. The smallest absolute Gasteiger partial charge is 0.262 e. The number of carbonyl (C=O) groups is 1. The largest absolute Gasteiger partial charge is 0.477 e. The molecule has 0 aliphatic carbocycles. The summed E-state index contributed by atoms with van der Waals surface area (Å²) in [6.45, 7) is 6.85. The second-order valence-electron chi connectivity index (χ2n) is 9.02. The number of ether oxygens (including phenoxy) is 1. The Morgan fingerprint density at radius 3 is 2.97 bits per heavy atom. The molecule has 1 amide bonds. The Hall–Kier alpha value is -3.27. The maximum Gasteiger partial charge on any atom is 0.262 e. The van der Waals surface area contributed by atoms with Gasteiger partial charge in [0.2, 0.25) is 11.8 Å². The molecule has 2 fully saturated rings. The summed E-state index contributed by atoms with van der Waals surface area (Å²) >= 11 is 0. The van der Waals surface area contributed by atoms with Crippen LogP contribution in [0.25, 0.3) is 5.65 Å². The Labute approximate surface area is 197 Å². The number of aryl methyl sites for hydroxylation is 1. The lowest BCUT2D eigenvalue weighted by atomic mass is 9.90. The number of nitrogens with zero attached hydrogens (tertiary/aromatic N) is 5. The highest BCUT2D eigenvalue weighted by Crippen LogP contribution is 2.28. The van der Waals surface area contributed by atoms with Crippen molar-refractivity contribution < 1.29 is 13.9 Å². The summed E-state index contributed by atoms with van der Waals surface area (Å²) in [5.41, 5.74) is 1.42. The first-order chi connectivity index (χ1) is 16.5. The number of anilines is 2. The number of fused-ring (bicyclic) bond motifs is 1. The molecular formula is C24H30FN7O2. The van der Waals surface area contributed by atoms with E-state index in [0.717, 1.165) is 26.1 Å². The summed E-state index contributed by atoms with van der Waals surface area (Å²) < 4.78 is 21.7.